The van der Waals surface area contributed by atoms with Crippen LogP contribution < -0.4 is 4.74 Å². The lowest BCUT2D eigenvalue weighted by Crippen LogP contribution is -2.19. The fraction of sp³-hybridized carbons (Fsp3) is 0.222. The second kappa shape index (κ2) is 4.48. The predicted molar refractivity (Wildman–Crippen MR) is 53.2 cm³/mol. The summed E-state index contributed by atoms with van der Waals surface area (Å²) in [7, 11) is -3.72. The summed E-state index contributed by atoms with van der Waals surface area (Å²) in [5.74, 6) is -2.69. The second-order valence-electron chi connectivity index (χ2n) is 3.28. The molecule has 0 saturated heterocycles. The molecule has 0 radical (unpaired) electrons. The number of ether oxygens (including phenoxy) is 1. The van der Waals surface area contributed by atoms with Crippen LogP contribution in [0.2, 0.25) is 0 Å². The first-order valence-corrected chi connectivity index (χ1v) is 6.23. The molecule has 1 N–H and O–H groups in total. The maximum Gasteiger partial charge on any atom is 0.573 e. The van der Waals surface area contributed by atoms with Crippen molar-refractivity contribution >= 4 is 15.8 Å². The Morgan fingerprint density at radius 1 is 1.33 bits per heavy atom. The smallest absolute Gasteiger partial charge is 0.478 e. The number of aromatic carboxylic acids is 1. The summed E-state index contributed by atoms with van der Waals surface area (Å²) in [6.45, 7) is 0. The van der Waals surface area contributed by atoms with Crippen LogP contribution in [0.1, 0.15) is 10.4 Å². The summed E-state index contributed by atoms with van der Waals surface area (Å²) >= 11 is 0. The van der Waals surface area contributed by atoms with Crippen LogP contribution in [0.15, 0.2) is 23.1 Å². The molecule has 0 aliphatic heterocycles. The van der Waals surface area contributed by atoms with Gasteiger partial charge in [-0.25, -0.2) is 13.2 Å². The van der Waals surface area contributed by atoms with Crippen LogP contribution in [0.5, 0.6) is 5.75 Å². The van der Waals surface area contributed by atoms with Gasteiger partial charge in [-0.05, 0) is 18.2 Å². The normalized spacial score (nSPS) is 12.2. The van der Waals surface area contributed by atoms with E-state index >= 15 is 0 Å². The van der Waals surface area contributed by atoms with Gasteiger partial charge in [-0.3, -0.25) is 0 Å². The third kappa shape index (κ3) is 3.62. The molecule has 1 aromatic rings. The minimum absolute atomic E-state index is 0.408. The molecular weight excluding hydrogens is 277 g/mol. The third-order valence-electron chi connectivity index (χ3n) is 1.84. The van der Waals surface area contributed by atoms with Crippen molar-refractivity contribution < 1.29 is 36.2 Å². The molecule has 0 spiro atoms. The largest absolute Gasteiger partial charge is 0.573 e. The third-order valence-corrected chi connectivity index (χ3v) is 2.95. The number of alkyl halides is 3. The number of carboxylic acids is 1. The van der Waals surface area contributed by atoms with Gasteiger partial charge in [0.25, 0.3) is 0 Å². The van der Waals surface area contributed by atoms with Crippen molar-refractivity contribution in [2.75, 3.05) is 6.26 Å². The van der Waals surface area contributed by atoms with Crippen LogP contribution in [-0.4, -0.2) is 32.1 Å². The lowest BCUT2D eigenvalue weighted by molar-refractivity contribution is -0.274. The van der Waals surface area contributed by atoms with E-state index in [0.29, 0.717) is 12.1 Å². The average molecular weight is 284 g/mol. The van der Waals surface area contributed by atoms with Gasteiger partial charge in [0.15, 0.2) is 9.84 Å². The zero-order valence-corrected chi connectivity index (χ0v) is 9.67. The number of halogens is 3. The Morgan fingerprint density at radius 3 is 2.28 bits per heavy atom. The first kappa shape index (κ1) is 14.3. The molecule has 0 aliphatic carbocycles. The average Bonchev–Trinajstić information content (AvgIpc) is 2.13. The number of rotatable bonds is 3. The van der Waals surface area contributed by atoms with Crippen LogP contribution in [0, 0.1) is 0 Å². The molecule has 0 atom stereocenters. The molecule has 100 valence electrons. The van der Waals surface area contributed by atoms with Crippen LogP contribution in [0.3, 0.4) is 0 Å². The highest BCUT2D eigenvalue weighted by Gasteiger charge is 2.33. The molecule has 0 aliphatic rings. The lowest BCUT2D eigenvalue weighted by atomic mass is 10.2. The highest BCUT2D eigenvalue weighted by Crippen LogP contribution is 2.28. The summed E-state index contributed by atoms with van der Waals surface area (Å²) in [6, 6.07) is 2.09. The molecule has 18 heavy (non-hydrogen) atoms. The van der Waals surface area contributed by atoms with Crippen molar-refractivity contribution in [3.63, 3.8) is 0 Å². The molecule has 0 fully saturated rings. The number of sulfone groups is 1. The molecule has 0 amide bonds. The van der Waals surface area contributed by atoms with Crippen LogP contribution in [0.4, 0.5) is 13.2 Å². The Morgan fingerprint density at radius 2 is 1.89 bits per heavy atom. The molecule has 0 bridgehead atoms. The van der Waals surface area contributed by atoms with Gasteiger partial charge < -0.3 is 9.84 Å². The summed E-state index contributed by atoms with van der Waals surface area (Å²) in [5.41, 5.74) is -0.879. The van der Waals surface area contributed by atoms with Crippen molar-refractivity contribution in [2.45, 2.75) is 11.3 Å². The summed E-state index contributed by atoms with van der Waals surface area (Å²) < 4.78 is 61.7. The fourth-order valence-corrected chi connectivity index (χ4v) is 1.77. The van der Waals surface area contributed by atoms with Crippen molar-refractivity contribution in [3.8, 4) is 5.75 Å². The number of hydrogen-bond acceptors (Lipinski definition) is 4. The van der Waals surface area contributed by atoms with E-state index in [1.54, 1.807) is 0 Å². The van der Waals surface area contributed by atoms with E-state index in [4.69, 9.17) is 5.11 Å². The molecule has 0 aromatic heterocycles. The van der Waals surface area contributed by atoms with E-state index in [0.717, 1.165) is 12.3 Å². The Hall–Kier alpha value is -1.77. The molecule has 0 heterocycles. The molecule has 0 unspecified atom stereocenters. The van der Waals surface area contributed by atoms with E-state index in [2.05, 4.69) is 4.74 Å². The van der Waals surface area contributed by atoms with Crippen molar-refractivity contribution in [2.24, 2.45) is 0 Å². The summed E-state index contributed by atoms with van der Waals surface area (Å²) in [5, 5.41) is 8.71. The van der Waals surface area contributed by atoms with E-state index in [9.17, 15) is 26.4 Å². The topological polar surface area (TPSA) is 80.7 Å². The predicted octanol–water partition coefficient (Wildman–Crippen LogP) is 1.69. The maximum absolute atomic E-state index is 12.0. The minimum Gasteiger partial charge on any atom is -0.478 e. The molecule has 5 nitrogen and oxygen atoms in total. The van der Waals surface area contributed by atoms with E-state index < -0.39 is 38.4 Å². The first-order valence-electron chi connectivity index (χ1n) is 4.34. The number of carbonyl (C=O) groups is 1. The second-order valence-corrected chi connectivity index (χ2v) is 5.30. The molecular formula is C9H7F3O5S. The lowest BCUT2D eigenvalue weighted by Gasteiger charge is -2.11. The van der Waals surface area contributed by atoms with E-state index in [1.165, 1.54) is 0 Å². The van der Waals surface area contributed by atoms with Crippen molar-refractivity contribution in [3.05, 3.63) is 23.8 Å². The Labute approximate surface area is 99.7 Å². The highest BCUT2D eigenvalue weighted by molar-refractivity contribution is 7.90. The Bertz CT molecular complexity index is 576. The standard InChI is InChI=1S/C9H7F3O5S/c1-18(15,16)5-2-3-7(17-9(10,11)12)6(4-5)8(13)14/h2-4H,1H3,(H,13,14). The zero-order valence-electron chi connectivity index (χ0n) is 8.85. The molecule has 1 aromatic carbocycles. The molecule has 0 saturated carbocycles. The summed E-state index contributed by atoms with van der Waals surface area (Å²) in [4.78, 5) is 10.3. The number of carboxylic acid groups (broad SMARTS) is 1. The van der Waals surface area contributed by atoms with Gasteiger partial charge in [0.05, 0.1) is 4.90 Å². The van der Waals surface area contributed by atoms with E-state index in [1.807, 2.05) is 0 Å². The van der Waals surface area contributed by atoms with Crippen molar-refractivity contribution in [1.29, 1.82) is 0 Å². The van der Waals surface area contributed by atoms with Gasteiger partial charge >= 0.3 is 12.3 Å². The van der Waals surface area contributed by atoms with Gasteiger partial charge in [0.2, 0.25) is 0 Å². The number of benzene rings is 1. The fourth-order valence-electron chi connectivity index (χ4n) is 1.12. The SMILES string of the molecule is CS(=O)(=O)c1ccc(OC(F)(F)F)c(C(=O)O)c1. The number of hydrogen-bond donors (Lipinski definition) is 1. The first-order chi connectivity index (χ1) is 8.00. The van der Waals surface area contributed by atoms with Crippen molar-refractivity contribution in [1.82, 2.24) is 0 Å². The van der Waals surface area contributed by atoms with Gasteiger partial charge in [-0.1, -0.05) is 0 Å². The monoisotopic (exact) mass is 284 g/mol. The highest BCUT2D eigenvalue weighted by atomic mass is 32.2. The van der Waals surface area contributed by atoms with Crippen LogP contribution >= 0.6 is 0 Å². The molecule has 9 heteroatoms. The van der Waals surface area contributed by atoms with Crippen LogP contribution in [-0.2, 0) is 9.84 Å². The Kier molecular flexibility index (Phi) is 3.56. The maximum atomic E-state index is 12.0. The quantitative estimate of drug-likeness (QED) is 0.913. The van der Waals surface area contributed by atoms with E-state index in [-0.39, 0.29) is 0 Å². The van der Waals surface area contributed by atoms with Crippen LogP contribution in [0.25, 0.3) is 0 Å². The summed E-state index contributed by atoms with van der Waals surface area (Å²) in [6.07, 6.45) is -4.25. The minimum atomic E-state index is -5.06. The molecule has 1 rings (SSSR count). The zero-order chi connectivity index (χ0) is 14.1. The Balaban J connectivity index is 3.35. The van der Waals surface area contributed by atoms with Gasteiger partial charge in [-0.2, -0.15) is 0 Å². The van der Waals surface area contributed by atoms with Gasteiger partial charge in [-0.15, -0.1) is 13.2 Å². The van der Waals surface area contributed by atoms with Gasteiger partial charge in [0, 0.05) is 6.26 Å². The van der Waals surface area contributed by atoms with Gasteiger partial charge in [0.1, 0.15) is 11.3 Å².